The maximum absolute atomic E-state index is 12.4. The van der Waals surface area contributed by atoms with Crippen molar-refractivity contribution in [2.75, 3.05) is 18.5 Å². The zero-order valence-electron chi connectivity index (χ0n) is 16.6. The molecule has 0 saturated carbocycles. The average Bonchev–Trinajstić information content (AvgIpc) is 3.24. The van der Waals surface area contributed by atoms with Gasteiger partial charge < -0.3 is 14.8 Å². The summed E-state index contributed by atoms with van der Waals surface area (Å²) in [6.07, 6.45) is 4.98. The summed E-state index contributed by atoms with van der Waals surface area (Å²) in [6.45, 7) is 7.43. The summed E-state index contributed by atoms with van der Waals surface area (Å²) in [6, 6.07) is 5.83. The summed E-state index contributed by atoms with van der Waals surface area (Å²) in [7, 11) is 1.80. The highest BCUT2D eigenvalue weighted by Crippen LogP contribution is 2.29. The molecule has 8 heteroatoms. The molecule has 0 saturated heterocycles. The largest absolute Gasteiger partial charge is 0.490 e. The number of aromatic nitrogens is 4. The van der Waals surface area contributed by atoms with Gasteiger partial charge in [-0.2, -0.15) is 10.2 Å². The van der Waals surface area contributed by atoms with Crippen LogP contribution in [0.5, 0.6) is 11.5 Å². The lowest BCUT2D eigenvalue weighted by Gasteiger charge is -2.12. The fourth-order valence-electron chi connectivity index (χ4n) is 2.82. The van der Waals surface area contributed by atoms with Gasteiger partial charge in [-0.3, -0.25) is 14.2 Å². The van der Waals surface area contributed by atoms with Crippen LogP contribution >= 0.6 is 0 Å². The van der Waals surface area contributed by atoms with Gasteiger partial charge in [-0.1, -0.05) is 6.07 Å². The number of nitrogens with one attached hydrogen (secondary N) is 1. The van der Waals surface area contributed by atoms with Crippen LogP contribution in [0.25, 0.3) is 0 Å². The summed E-state index contributed by atoms with van der Waals surface area (Å²) in [5.41, 5.74) is 3.01. The first-order chi connectivity index (χ1) is 13.5. The number of rotatable bonds is 8. The molecule has 1 N–H and O–H groups in total. The normalized spacial score (nSPS) is 10.7. The number of carbonyl (C=O) groups excluding carboxylic acids is 1. The highest BCUT2D eigenvalue weighted by Gasteiger charge is 2.14. The molecule has 1 amide bonds. The van der Waals surface area contributed by atoms with Crippen LogP contribution in [0.1, 0.15) is 35.5 Å². The average molecular weight is 383 g/mol. The Morgan fingerprint density at radius 3 is 2.54 bits per heavy atom. The van der Waals surface area contributed by atoms with E-state index in [0.717, 1.165) is 22.8 Å². The molecular formula is C20H25N5O3. The summed E-state index contributed by atoms with van der Waals surface area (Å²) in [4.78, 5) is 12.4. The number of benzene rings is 1. The molecule has 0 unspecified atom stereocenters. The van der Waals surface area contributed by atoms with Gasteiger partial charge in [0.2, 0.25) is 0 Å². The Hall–Kier alpha value is -3.29. The van der Waals surface area contributed by atoms with E-state index in [1.807, 2.05) is 39.0 Å². The van der Waals surface area contributed by atoms with Crippen LogP contribution in [0.15, 0.2) is 36.8 Å². The monoisotopic (exact) mass is 383 g/mol. The Balaban J connectivity index is 1.69. The van der Waals surface area contributed by atoms with E-state index in [1.54, 1.807) is 35.0 Å². The molecule has 2 aromatic heterocycles. The van der Waals surface area contributed by atoms with E-state index in [0.29, 0.717) is 31.0 Å². The molecule has 3 aromatic rings. The van der Waals surface area contributed by atoms with Crippen LogP contribution in [-0.4, -0.2) is 38.7 Å². The maximum Gasteiger partial charge on any atom is 0.259 e. The van der Waals surface area contributed by atoms with Crippen molar-refractivity contribution in [3.8, 4) is 11.5 Å². The third-order valence-corrected chi connectivity index (χ3v) is 4.32. The highest BCUT2D eigenvalue weighted by atomic mass is 16.5. The quantitative estimate of drug-likeness (QED) is 0.646. The van der Waals surface area contributed by atoms with E-state index >= 15 is 0 Å². The second-order valence-electron chi connectivity index (χ2n) is 6.30. The van der Waals surface area contributed by atoms with Crippen molar-refractivity contribution in [2.24, 2.45) is 7.05 Å². The SMILES string of the molecule is CCOc1ccc(Cn2cc(NC(=O)c3cnn(C)c3C)cn2)cc1OCC. The second kappa shape index (κ2) is 8.60. The molecular weight excluding hydrogens is 358 g/mol. The van der Waals surface area contributed by atoms with Crippen LogP contribution in [0.3, 0.4) is 0 Å². The van der Waals surface area contributed by atoms with E-state index in [4.69, 9.17) is 9.47 Å². The van der Waals surface area contributed by atoms with E-state index in [2.05, 4.69) is 15.5 Å². The Morgan fingerprint density at radius 1 is 1.11 bits per heavy atom. The van der Waals surface area contributed by atoms with Crippen LogP contribution in [0.4, 0.5) is 5.69 Å². The Morgan fingerprint density at radius 2 is 1.86 bits per heavy atom. The van der Waals surface area contributed by atoms with Gasteiger partial charge in [0.25, 0.3) is 5.91 Å². The lowest BCUT2D eigenvalue weighted by atomic mass is 10.2. The van der Waals surface area contributed by atoms with Gasteiger partial charge in [0.05, 0.1) is 43.4 Å². The number of hydrogen-bond donors (Lipinski definition) is 1. The second-order valence-corrected chi connectivity index (χ2v) is 6.30. The molecule has 0 atom stereocenters. The number of hydrogen-bond acceptors (Lipinski definition) is 5. The molecule has 3 rings (SSSR count). The molecule has 0 aliphatic rings. The molecule has 0 bridgehead atoms. The molecule has 28 heavy (non-hydrogen) atoms. The van der Waals surface area contributed by atoms with Crippen molar-refractivity contribution in [1.82, 2.24) is 19.6 Å². The Bertz CT molecular complexity index is 961. The minimum absolute atomic E-state index is 0.204. The van der Waals surface area contributed by atoms with Crippen LogP contribution < -0.4 is 14.8 Å². The van der Waals surface area contributed by atoms with Crippen molar-refractivity contribution in [3.05, 3.63) is 53.6 Å². The van der Waals surface area contributed by atoms with Crippen molar-refractivity contribution < 1.29 is 14.3 Å². The Kier molecular flexibility index (Phi) is 5.98. The molecule has 148 valence electrons. The summed E-state index contributed by atoms with van der Waals surface area (Å²) in [5, 5.41) is 11.3. The van der Waals surface area contributed by atoms with Gasteiger partial charge in [0.15, 0.2) is 11.5 Å². The molecule has 0 aliphatic carbocycles. The Labute approximate surface area is 164 Å². The number of amides is 1. The third-order valence-electron chi connectivity index (χ3n) is 4.32. The van der Waals surface area contributed by atoms with Crippen molar-refractivity contribution in [1.29, 1.82) is 0 Å². The number of ether oxygens (including phenoxy) is 2. The van der Waals surface area contributed by atoms with Gasteiger partial charge >= 0.3 is 0 Å². The summed E-state index contributed by atoms with van der Waals surface area (Å²) in [5.74, 6) is 1.24. The van der Waals surface area contributed by atoms with Gasteiger partial charge in [-0.05, 0) is 38.5 Å². The van der Waals surface area contributed by atoms with E-state index in [1.165, 1.54) is 0 Å². The van der Waals surface area contributed by atoms with Gasteiger partial charge in [-0.25, -0.2) is 0 Å². The molecule has 0 aliphatic heterocycles. The molecule has 1 aromatic carbocycles. The standard InChI is InChI=1S/C20H25N5O3/c1-5-27-18-8-7-15(9-19(18)28-6-2)12-25-13-16(10-22-25)23-20(26)17-11-21-24(4)14(17)3/h7-11,13H,5-6,12H2,1-4H3,(H,23,26). The van der Waals surface area contributed by atoms with Gasteiger partial charge in [0.1, 0.15) is 0 Å². The third kappa shape index (κ3) is 4.33. The molecule has 2 heterocycles. The molecule has 0 radical (unpaired) electrons. The number of anilines is 1. The minimum atomic E-state index is -0.204. The van der Waals surface area contributed by atoms with Crippen LogP contribution in [-0.2, 0) is 13.6 Å². The number of aryl methyl sites for hydroxylation is 1. The van der Waals surface area contributed by atoms with E-state index in [9.17, 15) is 4.79 Å². The maximum atomic E-state index is 12.4. The molecule has 0 fully saturated rings. The number of nitrogens with zero attached hydrogens (tertiary/aromatic N) is 4. The fraction of sp³-hybridized carbons (Fsp3) is 0.350. The predicted octanol–water partition coefficient (Wildman–Crippen LogP) is 3.02. The topological polar surface area (TPSA) is 83.2 Å². The first-order valence-electron chi connectivity index (χ1n) is 9.22. The summed E-state index contributed by atoms with van der Waals surface area (Å²) < 4.78 is 14.7. The lowest BCUT2D eigenvalue weighted by Crippen LogP contribution is -2.12. The summed E-state index contributed by atoms with van der Waals surface area (Å²) >= 11 is 0. The first-order valence-corrected chi connectivity index (χ1v) is 9.22. The van der Waals surface area contributed by atoms with Gasteiger partial charge in [0, 0.05) is 18.9 Å². The highest BCUT2D eigenvalue weighted by molar-refractivity contribution is 6.04. The zero-order valence-corrected chi connectivity index (χ0v) is 16.6. The molecule has 0 spiro atoms. The van der Waals surface area contributed by atoms with Crippen LogP contribution in [0.2, 0.25) is 0 Å². The van der Waals surface area contributed by atoms with Crippen molar-refractivity contribution >= 4 is 11.6 Å². The smallest absolute Gasteiger partial charge is 0.259 e. The molecule has 8 nitrogen and oxygen atoms in total. The lowest BCUT2D eigenvalue weighted by molar-refractivity contribution is 0.102. The van der Waals surface area contributed by atoms with E-state index in [-0.39, 0.29) is 5.91 Å². The van der Waals surface area contributed by atoms with E-state index < -0.39 is 0 Å². The van der Waals surface area contributed by atoms with Crippen molar-refractivity contribution in [3.63, 3.8) is 0 Å². The van der Waals surface area contributed by atoms with Crippen LogP contribution in [0, 0.1) is 6.92 Å². The zero-order chi connectivity index (χ0) is 20.1. The van der Waals surface area contributed by atoms with Crippen molar-refractivity contribution in [2.45, 2.75) is 27.3 Å². The predicted molar refractivity (Wildman–Crippen MR) is 106 cm³/mol. The number of carbonyl (C=O) groups is 1. The first kappa shape index (κ1) is 19.5. The van der Waals surface area contributed by atoms with Gasteiger partial charge in [-0.15, -0.1) is 0 Å². The fourth-order valence-corrected chi connectivity index (χ4v) is 2.82. The minimum Gasteiger partial charge on any atom is -0.490 e.